The Hall–Kier alpha value is -2.60. The molecule has 1 saturated heterocycles. The van der Waals surface area contributed by atoms with Crippen molar-refractivity contribution in [1.82, 2.24) is 9.88 Å². The van der Waals surface area contributed by atoms with E-state index in [-0.39, 0.29) is 17.4 Å². The Morgan fingerprint density at radius 3 is 2.64 bits per heavy atom. The molecule has 0 radical (unpaired) electrons. The van der Waals surface area contributed by atoms with Crippen LogP contribution in [-0.4, -0.2) is 35.9 Å². The molecule has 1 amide bonds. The van der Waals surface area contributed by atoms with E-state index >= 15 is 0 Å². The third-order valence-corrected chi connectivity index (χ3v) is 7.37. The number of nitrogens with one attached hydrogen (secondary N) is 1. The van der Waals surface area contributed by atoms with Gasteiger partial charge >= 0.3 is 0 Å². The summed E-state index contributed by atoms with van der Waals surface area (Å²) in [7, 11) is -3.05. The minimum Gasteiger partial charge on any atom is -0.346 e. The second kappa shape index (κ2) is 6.78. The highest BCUT2D eigenvalue weighted by atomic mass is 32.2. The summed E-state index contributed by atoms with van der Waals surface area (Å²) >= 11 is 0. The van der Waals surface area contributed by atoms with Crippen LogP contribution in [0.1, 0.15) is 25.8 Å². The van der Waals surface area contributed by atoms with Crippen molar-refractivity contribution in [3.05, 3.63) is 54.1 Å². The smallest absolute Gasteiger partial charge is 0.244 e. The molecule has 1 N–H and O–H groups in total. The van der Waals surface area contributed by atoms with E-state index in [0.717, 1.165) is 17.5 Å². The number of carbonyl (C=O) groups excluding carboxylic acids is 1. The number of rotatable bonds is 4. The van der Waals surface area contributed by atoms with Gasteiger partial charge in [0, 0.05) is 34.4 Å². The largest absolute Gasteiger partial charge is 0.346 e. The number of fused-ring (bicyclic) bond motifs is 3. The predicted octanol–water partition coefficient (Wildman–Crippen LogP) is 3.52. The Balaban J connectivity index is 1.60. The first-order valence-corrected chi connectivity index (χ1v) is 11.3. The lowest BCUT2D eigenvalue weighted by Gasteiger charge is -2.22. The monoisotopic (exact) mass is 396 g/mol. The van der Waals surface area contributed by atoms with Crippen LogP contribution in [0.25, 0.3) is 27.9 Å². The van der Waals surface area contributed by atoms with E-state index in [1.54, 1.807) is 13.0 Å². The molecular formula is C22H24N2O3S. The molecule has 1 aromatic heterocycles. The fraction of sp³-hybridized carbons (Fsp3) is 0.318. The van der Waals surface area contributed by atoms with Gasteiger partial charge in [0.1, 0.15) is 0 Å². The van der Waals surface area contributed by atoms with Crippen molar-refractivity contribution < 1.29 is 13.2 Å². The Bertz CT molecular complexity index is 1210. The molecule has 0 saturated carbocycles. The lowest BCUT2D eigenvalue weighted by atomic mass is 10.0. The van der Waals surface area contributed by atoms with E-state index in [1.165, 1.54) is 22.5 Å². The van der Waals surface area contributed by atoms with Crippen molar-refractivity contribution in [2.45, 2.75) is 32.4 Å². The molecule has 2 aromatic carbocycles. The SMILES string of the molecule is CCn1c2ccccc2c2cc(/C=C/C(=O)N[C@]3(C)CCS(=O)(=O)C3)ccc21. The summed E-state index contributed by atoms with van der Waals surface area (Å²) in [5, 5.41) is 5.21. The number of nitrogens with zero attached hydrogens (tertiary/aromatic N) is 1. The van der Waals surface area contributed by atoms with Crippen molar-refractivity contribution in [1.29, 1.82) is 0 Å². The third-order valence-electron chi connectivity index (χ3n) is 5.47. The van der Waals surface area contributed by atoms with Crippen LogP contribution >= 0.6 is 0 Å². The minimum atomic E-state index is -3.05. The van der Waals surface area contributed by atoms with E-state index in [2.05, 4.69) is 41.1 Å². The zero-order chi connectivity index (χ0) is 19.9. The minimum absolute atomic E-state index is 0.00205. The highest BCUT2D eigenvalue weighted by Crippen LogP contribution is 2.30. The maximum absolute atomic E-state index is 12.3. The molecule has 0 aliphatic carbocycles. The molecule has 1 fully saturated rings. The highest BCUT2D eigenvalue weighted by Gasteiger charge is 2.39. The Labute approximate surface area is 165 Å². The number of hydrogen-bond acceptors (Lipinski definition) is 3. The van der Waals surface area contributed by atoms with Gasteiger partial charge in [-0.05, 0) is 50.1 Å². The average Bonchev–Trinajstić information content (AvgIpc) is 3.12. The molecule has 2 heterocycles. The molecule has 4 rings (SSSR count). The van der Waals surface area contributed by atoms with Crippen LogP contribution in [0.5, 0.6) is 0 Å². The van der Waals surface area contributed by atoms with Crippen LogP contribution in [0.3, 0.4) is 0 Å². The van der Waals surface area contributed by atoms with Gasteiger partial charge in [-0.3, -0.25) is 4.79 Å². The van der Waals surface area contributed by atoms with Crippen LogP contribution in [0, 0.1) is 0 Å². The van der Waals surface area contributed by atoms with Crippen LogP contribution in [0.15, 0.2) is 48.5 Å². The van der Waals surface area contributed by atoms with E-state index in [9.17, 15) is 13.2 Å². The Morgan fingerprint density at radius 2 is 1.93 bits per heavy atom. The lowest BCUT2D eigenvalue weighted by molar-refractivity contribution is -0.117. The summed E-state index contributed by atoms with van der Waals surface area (Å²) in [5.41, 5.74) is 2.63. The van der Waals surface area contributed by atoms with Crippen molar-refractivity contribution in [3.63, 3.8) is 0 Å². The quantitative estimate of drug-likeness (QED) is 0.686. The number of aryl methyl sites for hydroxylation is 1. The number of amides is 1. The number of hydrogen-bond donors (Lipinski definition) is 1. The summed E-state index contributed by atoms with van der Waals surface area (Å²) in [6.07, 6.45) is 3.72. The summed E-state index contributed by atoms with van der Waals surface area (Å²) in [6.45, 7) is 4.81. The molecule has 6 heteroatoms. The van der Waals surface area contributed by atoms with Crippen molar-refractivity contribution in [2.75, 3.05) is 11.5 Å². The summed E-state index contributed by atoms with van der Waals surface area (Å²) < 4.78 is 25.7. The van der Waals surface area contributed by atoms with Crippen LogP contribution in [0.4, 0.5) is 0 Å². The van der Waals surface area contributed by atoms with Gasteiger partial charge in [-0.1, -0.05) is 24.3 Å². The Morgan fingerprint density at radius 1 is 1.18 bits per heavy atom. The van der Waals surface area contributed by atoms with Crippen molar-refractivity contribution in [2.24, 2.45) is 0 Å². The fourth-order valence-electron chi connectivity index (χ4n) is 4.14. The number of para-hydroxylation sites is 1. The molecule has 1 aliphatic heterocycles. The van der Waals surface area contributed by atoms with E-state index in [1.807, 2.05) is 18.2 Å². The molecule has 146 valence electrons. The van der Waals surface area contributed by atoms with Crippen molar-refractivity contribution >= 4 is 43.6 Å². The lowest BCUT2D eigenvalue weighted by Crippen LogP contribution is -2.46. The van der Waals surface area contributed by atoms with Crippen molar-refractivity contribution in [3.8, 4) is 0 Å². The van der Waals surface area contributed by atoms with E-state index < -0.39 is 15.4 Å². The third kappa shape index (κ3) is 3.44. The van der Waals surface area contributed by atoms with Gasteiger partial charge in [0.15, 0.2) is 9.84 Å². The summed E-state index contributed by atoms with van der Waals surface area (Å²) in [4.78, 5) is 12.3. The zero-order valence-corrected chi connectivity index (χ0v) is 16.9. The summed E-state index contributed by atoms with van der Waals surface area (Å²) in [6, 6.07) is 14.5. The first-order chi connectivity index (χ1) is 13.3. The van der Waals surface area contributed by atoms with Gasteiger partial charge in [0.2, 0.25) is 5.91 Å². The Kier molecular flexibility index (Phi) is 4.54. The maximum Gasteiger partial charge on any atom is 0.244 e. The second-order valence-electron chi connectivity index (χ2n) is 7.76. The molecule has 0 unspecified atom stereocenters. The number of benzene rings is 2. The highest BCUT2D eigenvalue weighted by molar-refractivity contribution is 7.91. The molecule has 1 aliphatic rings. The molecule has 5 nitrogen and oxygen atoms in total. The number of aromatic nitrogens is 1. The molecule has 0 bridgehead atoms. The second-order valence-corrected chi connectivity index (χ2v) is 9.95. The van der Waals surface area contributed by atoms with Gasteiger partial charge in [-0.25, -0.2) is 8.42 Å². The molecule has 1 atom stereocenters. The fourth-order valence-corrected chi connectivity index (χ4v) is 6.23. The standard InChI is InChI=1S/C22H24N2O3S/c1-3-24-19-7-5-4-6-17(19)18-14-16(8-10-20(18)24)9-11-21(25)23-22(2)12-13-28(26,27)15-22/h4-11,14H,3,12-13,15H2,1-2H3,(H,23,25)/b11-9+/t22-/m1/s1. The average molecular weight is 397 g/mol. The van der Waals surface area contributed by atoms with Crippen LogP contribution in [-0.2, 0) is 21.2 Å². The normalized spacial score (nSPS) is 21.6. The first kappa shape index (κ1) is 18.7. The van der Waals surface area contributed by atoms with Gasteiger partial charge in [-0.15, -0.1) is 0 Å². The topological polar surface area (TPSA) is 68.2 Å². The molecule has 28 heavy (non-hydrogen) atoms. The first-order valence-electron chi connectivity index (χ1n) is 9.52. The van der Waals surface area contributed by atoms with Gasteiger partial charge in [-0.2, -0.15) is 0 Å². The van der Waals surface area contributed by atoms with E-state index in [0.29, 0.717) is 6.42 Å². The molecule has 0 spiro atoms. The van der Waals surface area contributed by atoms with Gasteiger partial charge in [0.25, 0.3) is 0 Å². The molecular weight excluding hydrogens is 372 g/mol. The maximum atomic E-state index is 12.3. The summed E-state index contributed by atoms with van der Waals surface area (Å²) in [5.74, 6) is -0.135. The van der Waals surface area contributed by atoms with E-state index in [4.69, 9.17) is 0 Å². The number of carbonyl (C=O) groups is 1. The number of sulfone groups is 1. The predicted molar refractivity (Wildman–Crippen MR) is 114 cm³/mol. The molecule has 3 aromatic rings. The van der Waals surface area contributed by atoms with Crippen LogP contribution < -0.4 is 5.32 Å². The van der Waals surface area contributed by atoms with Gasteiger partial charge < -0.3 is 9.88 Å². The zero-order valence-electron chi connectivity index (χ0n) is 16.1. The van der Waals surface area contributed by atoms with Crippen LogP contribution in [0.2, 0.25) is 0 Å². The van der Waals surface area contributed by atoms with Gasteiger partial charge in [0.05, 0.1) is 17.0 Å².